The molecule has 0 fully saturated rings. The smallest absolute Gasteiger partial charge is 0.335 e. The molecule has 3 rings (SSSR count). The Labute approximate surface area is 131 Å². The number of H-pyrrole nitrogens is 1. The maximum atomic E-state index is 11.4. The van der Waals surface area contributed by atoms with Crippen molar-refractivity contribution in [1.29, 1.82) is 0 Å². The molecular weight excluding hydrogens is 322 g/mol. The van der Waals surface area contributed by atoms with Gasteiger partial charge in [0.05, 0.1) is 23.7 Å². The van der Waals surface area contributed by atoms with Crippen molar-refractivity contribution in [3.63, 3.8) is 0 Å². The molecule has 0 atom stereocenters. The highest BCUT2D eigenvalue weighted by Gasteiger charge is 2.14. The Balaban J connectivity index is 2.14. The van der Waals surface area contributed by atoms with E-state index >= 15 is 0 Å². The number of nitrogens with one attached hydrogen (secondary N) is 2. The number of carboxylic acid groups (broad SMARTS) is 1. The van der Waals surface area contributed by atoms with E-state index in [0.29, 0.717) is 17.0 Å². The summed E-state index contributed by atoms with van der Waals surface area (Å²) in [5.41, 5.74) is 1.99. The third-order valence-electron chi connectivity index (χ3n) is 3.11. The number of benzene rings is 1. The first kappa shape index (κ1) is 15.0. The van der Waals surface area contributed by atoms with Crippen LogP contribution in [0.3, 0.4) is 0 Å². The fraction of sp³-hybridized carbons (Fsp3) is 0.154. The molecule has 2 aromatic heterocycles. The number of fused-ring (bicyclic) bond motifs is 1. The molecule has 0 saturated heterocycles. The van der Waals surface area contributed by atoms with Crippen molar-refractivity contribution >= 4 is 27.3 Å². The van der Waals surface area contributed by atoms with Crippen LogP contribution in [0.25, 0.3) is 17.0 Å². The number of anilines is 1. The Morgan fingerprint density at radius 3 is 2.70 bits per heavy atom. The molecule has 0 aliphatic rings. The number of hydrogen-bond donors (Lipinski definition) is 3. The average molecular weight is 335 g/mol. The van der Waals surface area contributed by atoms with E-state index < -0.39 is 16.0 Å². The van der Waals surface area contributed by atoms with Gasteiger partial charge >= 0.3 is 5.97 Å². The summed E-state index contributed by atoms with van der Waals surface area (Å²) in [6.07, 6.45) is 2.64. The number of aromatic carboxylic acids is 1. The van der Waals surface area contributed by atoms with E-state index in [1.54, 1.807) is 6.20 Å². The molecule has 0 spiro atoms. The molecule has 0 radical (unpaired) electrons. The third-order valence-corrected chi connectivity index (χ3v) is 3.71. The highest BCUT2D eigenvalue weighted by atomic mass is 32.2. The van der Waals surface area contributed by atoms with Gasteiger partial charge in [-0.1, -0.05) is 0 Å². The van der Waals surface area contributed by atoms with Crippen molar-refractivity contribution in [2.24, 2.45) is 0 Å². The second-order valence-corrected chi connectivity index (χ2v) is 6.86. The lowest BCUT2D eigenvalue weighted by molar-refractivity contribution is 0.0697. The summed E-state index contributed by atoms with van der Waals surface area (Å²) in [6.45, 7) is 1.84. The normalized spacial score (nSPS) is 11.7. The second kappa shape index (κ2) is 5.09. The predicted octanol–water partition coefficient (Wildman–Crippen LogP) is 1.10. The Morgan fingerprint density at radius 1 is 1.35 bits per heavy atom. The van der Waals surface area contributed by atoms with E-state index in [-0.39, 0.29) is 11.3 Å². The summed E-state index contributed by atoms with van der Waals surface area (Å²) >= 11 is 0. The van der Waals surface area contributed by atoms with E-state index in [2.05, 4.69) is 19.9 Å². The maximum absolute atomic E-state index is 11.4. The summed E-state index contributed by atoms with van der Waals surface area (Å²) < 4.78 is 26.5. The number of rotatable bonds is 4. The molecule has 3 aromatic rings. The van der Waals surface area contributed by atoms with Crippen LogP contribution in [0.1, 0.15) is 15.9 Å². The lowest BCUT2D eigenvalue weighted by Crippen LogP contribution is -2.10. The highest BCUT2D eigenvalue weighted by Crippen LogP contribution is 2.24. The number of carboxylic acids is 1. The molecule has 10 heteroatoms. The van der Waals surface area contributed by atoms with Crippen molar-refractivity contribution < 1.29 is 18.3 Å². The van der Waals surface area contributed by atoms with Crippen LogP contribution < -0.4 is 4.72 Å². The van der Waals surface area contributed by atoms with E-state index in [1.165, 1.54) is 22.8 Å². The SMILES string of the molecule is Cc1cnn2[nH]c(-c3cc(NS(C)(=O)=O)cc(C(=O)O)c3)nc12. The molecule has 9 nitrogen and oxygen atoms in total. The first-order valence-electron chi connectivity index (χ1n) is 6.50. The van der Waals surface area contributed by atoms with Gasteiger partial charge in [-0.15, -0.1) is 0 Å². The van der Waals surface area contributed by atoms with Crippen molar-refractivity contribution in [3.8, 4) is 11.4 Å². The van der Waals surface area contributed by atoms with Crippen LogP contribution in [0, 0.1) is 6.92 Å². The van der Waals surface area contributed by atoms with E-state index in [0.717, 1.165) is 11.8 Å². The molecular formula is C13H13N5O4S. The van der Waals surface area contributed by atoms with Gasteiger partial charge in [0.1, 0.15) is 0 Å². The Kier molecular flexibility index (Phi) is 3.33. The van der Waals surface area contributed by atoms with Gasteiger partial charge in [0.25, 0.3) is 0 Å². The van der Waals surface area contributed by atoms with Gasteiger partial charge in [-0.05, 0) is 25.1 Å². The number of sulfonamides is 1. The molecule has 1 aromatic carbocycles. The van der Waals surface area contributed by atoms with Crippen LogP contribution in [0.2, 0.25) is 0 Å². The molecule has 0 aliphatic carbocycles. The lowest BCUT2D eigenvalue weighted by Gasteiger charge is -2.07. The van der Waals surface area contributed by atoms with Crippen molar-refractivity contribution in [3.05, 3.63) is 35.5 Å². The van der Waals surface area contributed by atoms with Crippen LogP contribution in [0.4, 0.5) is 5.69 Å². The van der Waals surface area contributed by atoms with Crippen LogP contribution in [0.5, 0.6) is 0 Å². The summed E-state index contributed by atoms with van der Waals surface area (Å²) in [7, 11) is -3.53. The zero-order valence-electron chi connectivity index (χ0n) is 12.2. The van der Waals surface area contributed by atoms with E-state index in [4.69, 9.17) is 0 Å². The lowest BCUT2D eigenvalue weighted by atomic mass is 10.1. The summed E-state index contributed by atoms with van der Waals surface area (Å²) in [6, 6.07) is 4.15. The van der Waals surface area contributed by atoms with Gasteiger partial charge in [0.15, 0.2) is 11.5 Å². The quantitative estimate of drug-likeness (QED) is 0.655. The van der Waals surface area contributed by atoms with E-state index in [9.17, 15) is 18.3 Å². The minimum atomic E-state index is -3.53. The van der Waals surface area contributed by atoms with Crippen molar-refractivity contribution in [2.75, 3.05) is 11.0 Å². The molecule has 3 N–H and O–H groups in total. The summed E-state index contributed by atoms with van der Waals surface area (Å²) in [5, 5.41) is 16.2. The van der Waals surface area contributed by atoms with Gasteiger partial charge in [-0.25, -0.2) is 18.2 Å². The fourth-order valence-electron chi connectivity index (χ4n) is 2.16. The van der Waals surface area contributed by atoms with E-state index in [1.807, 2.05) is 6.92 Å². The maximum Gasteiger partial charge on any atom is 0.335 e. The predicted molar refractivity (Wildman–Crippen MR) is 82.9 cm³/mol. The number of nitrogens with zero attached hydrogens (tertiary/aromatic N) is 3. The number of carbonyl (C=O) groups is 1. The molecule has 0 bridgehead atoms. The van der Waals surface area contributed by atoms with Crippen LogP contribution in [-0.2, 0) is 10.0 Å². The minimum absolute atomic E-state index is 0.0561. The van der Waals surface area contributed by atoms with Gasteiger partial charge < -0.3 is 5.11 Å². The summed E-state index contributed by atoms with van der Waals surface area (Å²) in [4.78, 5) is 15.6. The Bertz CT molecular complexity index is 1020. The van der Waals surface area contributed by atoms with Gasteiger partial charge in [-0.2, -0.15) is 9.73 Å². The molecule has 120 valence electrons. The fourth-order valence-corrected chi connectivity index (χ4v) is 2.71. The summed E-state index contributed by atoms with van der Waals surface area (Å²) in [5.74, 6) is -0.785. The molecule has 0 saturated carbocycles. The highest BCUT2D eigenvalue weighted by molar-refractivity contribution is 7.92. The number of aromatic nitrogens is 4. The topological polar surface area (TPSA) is 129 Å². The first-order valence-corrected chi connectivity index (χ1v) is 8.39. The Hall–Kier alpha value is -2.88. The number of hydrogen-bond acceptors (Lipinski definition) is 5. The van der Waals surface area contributed by atoms with Crippen molar-refractivity contribution in [1.82, 2.24) is 19.8 Å². The standard InChI is InChI=1S/C13H13N5O4S/c1-7-6-14-18-12(7)15-11(16-18)8-3-9(13(19)20)5-10(4-8)17-23(2,21)22/h3-6,17H,1-2H3,(H,15,16)(H,19,20). The van der Waals surface area contributed by atoms with Crippen LogP contribution in [0.15, 0.2) is 24.4 Å². The number of aryl methyl sites for hydroxylation is 1. The molecule has 23 heavy (non-hydrogen) atoms. The minimum Gasteiger partial charge on any atom is -0.478 e. The third kappa shape index (κ3) is 3.01. The van der Waals surface area contributed by atoms with Gasteiger partial charge in [-0.3, -0.25) is 9.82 Å². The Morgan fingerprint density at radius 2 is 2.09 bits per heavy atom. The first-order chi connectivity index (χ1) is 10.7. The average Bonchev–Trinajstić information content (AvgIpc) is 2.99. The molecule has 2 heterocycles. The number of aromatic amines is 1. The van der Waals surface area contributed by atoms with Crippen LogP contribution in [-0.4, -0.2) is 45.6 Å². The largest absolute Gasteiger partial charge is 0.478 e. The van der Waals surface area contributed by atoms with Gasteiger partial charge in [0, 0.05) is 11.1 Å². The molecule has 0 amide bonds. The monoisotopic (exact) mass is 335 g/mol. The molecule has 0 unspecified atom stereocenters. The van der Waals surface area contributed by atoms with Gasteiger partial charge in [0.2, 0.25) is 10.0 Å². The zero-order chi connectivity index (χ0) is 16.8. The zero-order valence-corrected chi connectivity index (χ0v) is 13.0. The van der Waals surface area contributed by atoms with Crippen LogP contribution >= 0.6 is 0 Å². The molecule has 0 aliphatic heterocycles. The van der Waals surface area contributed by atoms with Crippen molar-refractivity contribution in [2.45, 2.75) is 6.92 Å². The second-order valence-electron chi connectivity index (χ2n) is 5.11.